The van der Waals surface area contributed by atoms with Crippen LogP contribution in [0, 0.1) is 22.7 Å². The summed E-state index contributed by atoms with van der Waals surface area (Å²) in [6.07, 6.45) is 3.10. The Bertz CT molecular complexity index is 606. The second-order valence-corrected chi connectivity index (χ2v) is 3.08. The lowest BCUT2D eigenvalue weighted by atomic mass is 10.1. The molecule has 0 aliphatic rings. The molecule has 0 saturated carbocycles. The molecule has 0 atom stereocenters. The number of aromatic amines is 1. The van der Waals surface area contributed by atoms with Crippen LogP contribution in [0.4, 0.5) is 0 Å². The highest BCUT2D eigenvalue weighted by Gasteiger charge is 2.01. The smallest absolute Gasteiger partial charge is 0.101 e. The third kappa shape index (κ3) is 1.59. The van der Waals surface area contributed by atoms with Crippen LogP contribution in [0.15, 0.2) is 36.5 Å². The molecule has 15 heavy (non-hydrogen) atoms. The summed E-state index contributed by atoms with van der Waals surface area (Å²) in [5.74, 6) is 0. The van der Waals surface area contributed by atoms with Gasteiger partial charge in [-0.1, -0.05) is 6.07 Å². The molecule has 0 saturated heterocycles. The van der Waals surface area contributed by atoms with Crippen molar-refractivity contribution < 1.29 is 0 Å². The number of H-pyrrole nitrogens is 1. The van der Waals surface area contributed by atoms with Gasteiger partial charge in [0.1, 0.15) is 6.07 Å². The zero-order valence-corrected chi connectivity index (χ0v) is 7.86. The third-order valence-electron chi connectivity index (χ3n) is 2.19. The van der Waals surface area contributed by atoms with E-state index >= 15 is 0 Å². The van der Waals surface area contributed by atoms with Crippen LogP contribution in [0.2, 0.25) is 0 Å². The Morgan fingerprint density at radius 2 is 2.13 bits per heavy atom. The molecule has 0 amide bonds. The summed E-state index contributed by atoms with van der Waals surface area (Å²) in [6.45, 7) is 0. The van der Waals surface area contributed by atoms with Crippen molar-refractivity contribution in [3.8, 4) is 12.1 Å². The van der Waals surface area contributed by atoms with Crippen LogP contribution in [0.25, 0.3) is 16.5 Å². The fourth-order valence-corrected chi connectivity index (χ4v) is 1.47. The lowest BCUT2D eigenvalue weighted by Gasteiger charge is -1.97. The summed E-state index contributed by atoms with van der Waals surface area (Å²) < 4.78 is 0. The van der Waals surface area contributed by atoms with Crippen LogP contribution in [-0.2, 0) is 0 Å². The minimum Gasteiger partial charge on any atom is -0.361 e. The molecule has 0 aliphatic heterocycles. The second kappa shape index (κ2) is 3.69. The average molecular weight is 193 g/mol. The van der Waals surface area contributed by atoms with Gasteiger partial charge in [0.15, 0.2) is 0 Å². The predicted molar refractivity (Wildman–Crippen MR) is 57.5 cm³/mol. The number of nitriles is 2. The summed E-state index contributed by atoms with van der Waals surface area (Å²) in [4.78, 5) is 3.07. The van der Waals surface area contributed by atoms with Gasteiger partial charge < -0.3 is 4.98 Å². The van der Waals surface area contributed by atoms with E-state index in [0.29, 0.717) is 5.57 Å². The Kier molecular flexibility index (Phi) is 2.23. The topological polar surface area (TPSA) is 63.4 Å². The van der Waals surface area contributed by atoms with E-state index in [9.17, 15) is 0 Å². The molecule has 2 rings (SSSR count). The Hall–Kier alpha value is -2.52. The Balaban J connectivity index is 2.58. The predicted octanol–water partition coefficient (Wildman–Crippen LogP) is 2.60. The number of nitrogens with zero attached hydrogens (tertiary/aromatic N) is 2. The number of allylic oxidation sites excluding steroid dienone is 2. The highest BCUT2D eigenvalue weighted by molar-refractivity contribution is 5.87. The van der Waals surface area contributed by atoms with Crippen LogP contribution in [0.1, 0.15) is 5.56 Å². The van der Waals surface area contributed by atoms with E-state index < -0.39 is 0 Å². The second-order valence-electron chi connectivity index (χ2n) is 3.08. The normalized spacial score (nSPS) is 10.9. The van der Waals surface area contributed by atoms with Crippen molar-refractivity contribution in [1.82, 2.24) is 4.98 Å². The van der Waals surface area contributed by atoms with Gasteiger partial charge in [-0.2, -0.15) is 10.5 Å². The number of rotatable bonds is 1. The van der Waals surface area contributed by atoms with Crippen LogP contribution < -0.4 is 0 Å². The maximum atomic E-state index is 8.86. The van der Waals surface area contributed by atoms with E-state index in [1.165, 1.54) is 6.08 Å². The van der Waals surface area contributed by atoms with Gasteiger partial charge in [-0.15, -0.1) is 0 Å². The lowest BCUT2D eigenvalue weighted by Crippen LogP contribution is -1.80. The first-order valence-electron chi connectivity index (χ1n) is 4.42. The quantitative estimate of drug-likeness (QED) is 0.707. The van der Waals surface area contributed by atoms with Crippen LogP contribution >= 0.6 is 0 Å². The van der Waals surface area contributed by atoms with E-state index in [0.717, 1.165) is 16.5 Å². The molecule has 70 valence electrons. The van der Waals surface area contributed by atoms with Gasteiger partial charge >= 0.3 is 0 Å². The minimum atomic E-state index is 0.389. The van der Waals surface area contributed by atoms with Gasteiger partial charge in [0.05, 0.1) is 11.6 Å². The van der Waals surface area contributed by atoms with Crippen LogP contribution in [-0.4, -0.2) is 4.98 Å². The van der Waals surface area contributed by atoms with Crippen molar-refractivity contribution in [2.24, 2.45) is 0 Å². The van der Waals surface area contributed by atoms with Gasteiger partial charge in [-0.05, 0) is 29.1 Å². The van der Waals surface area contributed by atoms with Gasteiger partial charge in [0, 0.05) is 17.8 Å². The van der Waals surface area contributed by atoms with E-state index in [1.807, 2.05) is 42.6 Å². The van der Waals surface area contributed by atoms with E-state index in [2.05, 4.69) is 4.98 Å². The number of hydrogen-bond acceptors (Lipinski definition) is 2. The summed E-state index contributed by atoms with van der Waals surface area (Å²) in [5, 5.41) is 18.4. The molecular formula is C12H7N3. The monoisotopic (exact) mass is 193 g/mol. The van der Waals surface area contributed by atoms with Gasteiger partial charge in [-0.25, -0.2) is 0 Å². The first-order valence-corrected chi connectivity index (χ1v) is 4.42. The molecule has 1 aromatic carbocycles. The number of hydrogen-bond donors (Lipinski definition) is 1. The SMILES string of the molecule is N#C/C=C(\C#N)c1ccc2[nH]ccc2c1. The Morgan fingerprint density at radius 3 is 2.87 bits per heavy atom. The van der Waals surface area contributed by atoms with Crippen molar-refractivity contribution in [1.29, 1.82) is 10.5 Å². The average Bonchev–Trinajstić information content (AvgIpc) is 2.72. The molecule has 0 spiro atoms. The maximum absolute atomic E-state index is 8.86. The molecular weight excluding hydrogens is 186 g/mol. The number of nitrogens with one attached hydrogen (secondary N) is 1. The molecule has 3 nitrogen and oxygen atoms in total. The van der Waals surface area contributed by atoms with Gasteiger partial charge in [-0.3, -0.25) is 0 Å². The highest BCUT2D eigenvalue weighted by atomic mass is 14.7. The zero-order valence-electron chi connectivity index (χ0n) is 7.86. The molecule has 0 radical (unpaired) electrons. The standard InChI is InChI=1S/C12H7N3/c13-5-3-11(8-14)9-1-2-12-10(7-9)4-6-15-12/h1-4,6-7,15H/b11-3+. The number of aromatic nitrogens is 1. The molecule has 0 unspecified atom stereocenters. The molecule has 0 bridgehead atoms. The highest BCUT2D eigenvalue weighted by Crippen LogP contribution is 2.19. The van der Waals surface area contributed by atoms with E-state index in [-0.39, 0.29) is 0 Å². The first-order chi connectivity index (χ1) is 7.35. The molecule has 1 aromatic heterocycles. The van der Waals surface area contributed by atoms with Gasteiger partial charge in [0.25, 0.3) is 0 Å². The van der Waals surface area contributed by atoms with Crippen molar-refractivity contribution in [3.05, 3.63) is 42.1 Å². The Morgan fingerprint density at radius 1 is 1.27 bits per heavy atom. The lowest BCUT2D eigenvalue weighted by molar-refractivity contribution is 1.47. The zero-order chi connectivity index (χ0) is 10.7. The van der Waals surface area contributed by atoms with Crippen molar-refractivity contribution in [2.75, 3.05) is 0 Å². The largest absolute Gasteiger partial charge is 0.361 e. The molecule has 1 N–H and O–H groups in total. The fourth-order valence-electron chi connectivity index (χ4n) is 1.47. The number of fused-ring (bicyclic) bond motifs is 1. The summed E-state index contributed by atoms with van der Waals surface area (Å²) in [5.41, 5.74) is 2.18. The first kappa shape index (κ1) is 9.05. The van der Waals surface area contributed by atoms with Crippen molar-refractivity contribution >= 4 is 16.5 Å². The molecule has 1 heterocycles. The number of benzene rings is 1. The van der Waals surface area contributed by atoms with Crippen molar-refractivity contribution in [3.63, 3.8) is 0 Å². The van der Waals surface area contributed by atoms with Crippen molar-refractivity contribution in [2.45, 2.75) is 0 Å². The van der Waals surface area contributed by atoms with Crippen LogP contribution in [0.3, 0.4) is 0 Å². The maximum Gasteiger partial charge on any atom is 0.101 e. The molecule has 3 heteroatoms. The summed E-state index contributed by atoms with van der Waals surface area (Å²) >= 11 is 0. The summed E-state index contributed by atoms with van der Waals surface area (Å²) in [6, 6.07) is 11.4. The minimum absolute atomic E-state index is 0.389. The fraction of sp³-hybridized carbons (Fsp3) is 0. The third-order valence-corrected chi connectivity index (χ3v) is 2.19. The molecule has 0 fully saturated rings. The molecule has 2 aromatic rings. The summed E-state index contributed by atoms with van der Waals surface area (Å²) in [7, 11) is 0. The Labute approximate surface area is 86.9 Å². The van der Waals surface area contributed by atoms with E-state index in [4.69, 9.17) is 10.5 Å². The van der Waals surface area contributed by atoms with Gasteiger partial charge in [0.2, 0.25) is 0 Å². The molecule has 0 aliphatic carbocycles. The van der Waals surface area contributed by atoms with E-state index in [1.54, 1.807) is 0 Å². The van der Waals surface area contributed by atoms with Crippen LogP contribution in [0.5, 0.6) is 0 Å².